The molecule has 0 heterocycles. The molecule has 0 unspecified atom stereocenters. The molecule has 0 aliphatic rings. The van der Waals surface area contributed by atoms with Crippen molar-refractivity contribution < 1.29 is 19.0 Å². The lowest BCUT2D eigenvalue weighted by atomic mass is 10.1. The molecule has 5 heteroatoms. The molecule has 0 atom stereocenters. The van der Waals surface area contributed by atoms with Gasteiger partial charge >= 0.3 is 0 Å². The molecule has 2 rings (SSSR count). The number of carbonyl (C=O) groups is 1. The minimum absolute atomic E-state index is 0.213. The first kappa shape index (κ1) is 16.8. The zero-order valence-corrected chi connectivity index (χ0v) is 13.6. The predicted octanol–water partition coefficient (Wildman–Crippen LogP) is 3.49. The minimum Gasteiger partial charge on any atom is -0.495 e. The molecular formula is C18H21NO4. The van der Waals surface area contributed by atoms with Gasteiger partial charge in [0.2, 0.25) is 0 Å². The first-order chi connectivity index (χ1) is 11.2. The monoisotopic (exact) mass is 315 g/mol. The second kappa shape index (κ2) is 8.19. The second-order valence-corrected chi connectivity index (χ2v) is 4.84. The molecule has 0 aliphatic carbocycles. The zero-order chi connectivity index (χ0) is 16.7. The van der Waals surface area contributed by atoms with Crippen molar-refractivity contribution in [3.05, 3.63) is 53.6 Å². The summed E-state index contributed by atoms with van der Waals surface area (Å²) in [6, 6.07) is 12.6. The van der Waals surface area contributed by atoms with Gasteiger partial charge in [-0.3, -0.25) is 4.79 Å². The number of anilines is 1. The van der Waals surface area contributed by atoms with Gasteiger partial charge in [-0.2, -0.15) is 0 Å². The molecule has 2 aromatic carbocycles. The Kier molecular flexibility index (Phi) is 6.00. The first-order valence-corrected chi connectivity index (χ1v) is 7.38. The minimum atomic E-state index is -0.213. The maximum atomic E-state index is 12.5. The van der Waals surface area contributed by atoms with E-state index in [9.17, 15) is 4.79 Å². The maximum absolute atomic E-state index is 12.5. The van der Waals surface area contributed by atoms with Gasteiger partial charge in [0, 0.05) is 18.2 Å². The largest absolute Gasteiger partial charge is 0.495 e. The van der Waals surface area contributed by atoms with Crippen molar-refractivity contribution >= 4 is 11.6 Å². The summed E-state index contributed by atoms with van der Waals surface area (Å²) >= 11 is 0. The van der Waals surface area contributed by atoms with Gasteiger partial charge in [-0.25, -0.2) is 0 Å². The van der Waals surface area contributed by atoms with Crippen LogP contribution in [0.2, 0.25) is 0 Å². The van der Waals surface area contributed by atoms with Crippen LogP contribution in [0.5, 0.6) is 11.5 Å². The standard InChI is InChI=1S/C18H21NO4/c1-4-23-16-10-9-13(11-14(16)12-21-2)18(20)19-15-7-5-6-8-17(15)22-3/h5-11H,4,12H2,1-3H3,(H,19,20). The van der Waals surface area contributed by atoms with Crippen LogP contribution in [0.15, 0.2) is 42.5 Å². The van der Waals surface area contributed by atoms with E-state index in [2.05, 4.69) is 5.32 Å². The highest BCUT2D eigenvalue weighted by atomic mass is 16.5. The van der Waals surface area contributed by atoms with Crippen LogP contribution in [0.3, 0.4) is 0 Å². The van der Waals surface area contributed by atoms with Crippen LogP contribution in [-0.4, -0.2) is 26.7 Å². The summed E-state index contributed by atoms with van der Waals surface area (Å²) in [5.74, 6) is 1.13. The van der Waals surface area contributed by atoms with Gasteiger partial charge in [-0.05, 0) is 37.3 Å². The Morgan fingerprint density at radius 3 is 2.57 bits per heavy atom. The van der Waals surface area contributed by atoms with Gasteiger partial charge in [0.25, 0.3) is 5.91 Å². The van der Waals surface area contributed by atoms with E-state index in [-0.39, 0.29) is 5.91 Å². The highest BCUT2D eigenvalue weighted by Gasteiger charge is 2.12. The van der Waals surface area contributed by atoms with E-state index in [1.807, 2.05) is 19.1 Å². The van der Waals surface area contributed by atoms with Crippen LogP contribution < -0.4 is 14.8 Å². The SMILES string of the molecule is CCOc1ccc(C(=O)Nc2ccccc2OC)cc1COC. The molecule has 122 valence electrons. The number of para-hydroxylation sites is 2. The number of nitrogens with one attached hydrogen (secondary N) is 1. The van der Waals surface area contributed by atoms with Gasteiger partial charge in [-0.1, -0.05) is 12.1 Å². The summed E-state index contributed by atoms with van der Waals surface area (Å²) < 4.78 is 16.0. The van der Waals surface area contributed by atoms with Gasteiger partial charge in [0.15, 0.2) is 0 Å². The number of ether oxygens (including phenoxy) is 3. The Bertz CT molecular complexity index is 670. The highest BCUT2D eigenvalue weighted by molar-refractivity contribution is 6.05. The number of hydrogen-bond donors (Lipinski definition) is 1. The first-order valence-electron chi connectivity index (χ1n) is 7.38. The smallest absolute Gasteiger partial charge is 0.255 e. The van der Waals surface area contributed by atoms with Crippen molar-refractivity contribution in [2.75, 3.05) is 26.1 Å². The lowest BCUT2D eigenvalue weighted by Gasteiger charge is -2.13. The lowest BCUT2D eigenvalue weighted by Crippen LogP contribution is -2.13. The van der Waals surface area contributed by atoms with E-state index < -0.39 is 0 Å². The normalized spacial score (nSPS) is 10.2. The van der Waals surface area contributed by atoms with Crippen LogP contribution in [0.4, 0.5) is 5.69 Å². The van der Waals surface area contributed by atoms with Gasteiger partial charge in [0.05, 0.1) is 26.0 Å². The summed E-state index contributed by atoms with van der Waals surface area (Å²) in [5.41, 5.74) is 2.00. The predicted molar refractivity (Wildman–Crippen MR) is 89.3 cm³/mol. The fourth-order valence-corrected chi connectivity index (χ4v) is 2.23. The summed E-state index contributed by atoms with van der Waals surface area (Å²) in [6.07, 6.45) is 0. The molecule has 0 saturated carbocycles. The average Bonchev–Trinajstić information content (AvgIpc) is 2.57. The Hall–Kier alpha value is -2.53. The quantitative estimate of drug-likeness (QED) is 0.849. The van der Waals surface area contributed by atoms with Crippen molar-refractivity contribution in [3.63, 3.8) is 0 Å². The molecule has 0 spiro atoms. The molecule has 2 aromatic rings. The molecule has 0 saturated heterocycles. The van der Waals surface area contributed by atoms with E-state index in [0.29, 0.717) is 30.2 Å². The number of amides is 1. The topological polar surface area (TPSA) is 56.8 Å². The Morgan fingerprint density at radius 2 is 1.87 bits per heavy atom. The molecular weight excluding hydrogens is 294 g/mol. The molecule has 0 aromatic heterocycles. The number of hydrogen-bond acceptors (Lipinski definition) is 4. The van der Waals surface area contributed by atoms with E-state index >= 15 is 0 Å². The number of benzene rings is 2. The summed E-state index contributed by atoms with van der Waals surface area (Å²) in [4.78, 5) is 12.5. The number of carbonyl (C=O) groups excluding carboxylic acids is 1. The van der Waals surface area contributed by atoms with Crippen LogP contribution in [-0.2, 0) is 11.3 Å². The second-order valence-electron chi connectivity index (χ2n) is 4.84. The van der Waals surface area contributed by atoms with Gasteiger partial charge in [-0.15, -0.1) is 0 Å². The number of methoxy groups -OCH3 is 2. The molecule has 5 nitrogen and oxygen atoms in total. The third-order valence-electron chi connectivity index (χ3n) is 3.28. The van der Waals surface area contributed by atoms with Crippen LogP contribution in [0.1, 0.15) is 22.8 Å². The molecule has 23 heavy (non-hydrogen) atoms. The third-order valence-corrected chi connectivity index (χ3v) is 3.28. The maximum Gasteiger partial charge on any atom is 0.255 e. The van der Waals surface area contributed by atoms with Crippen molar-refractivity contribution in [1.82, 2.24) is 0 Å². The van der Waals surface area contributed by atoms with E-state index in [0.717, 1.165) is 11.3 Å². The van der Waals surface area contributed by atoms with Crippen molar-refractivity contribution in [2.24, 2.45) is 0 Å². The third kappa shape index (κ3) is 4.23. The van der Waals surface area contributed by atoms with Crippen LogP contribution in [0, 0.1) is 0 Å². The van der Waals surface area contributed by atoms with E-state index in [1.165, 1.54) is 0 Å². The average molecular weight is 315 g/mol. The molecule has 0 radical (unpaired) electrons. The van der Waals surface area contributed by atoms with E-state index in [4.69, 9.17) is 14.2 Å². The van der Waals surface area contributed by atoms with Crippen molar-refractivity contribution in [1.29, 1.82) is 0 Å². The fourth-order valence-electron chi connectivity index (χ4n) is 2.23. The zero-order valence-electron chi connectivity index (χ0n) is 13.6. The van der Waals surface area contributed by atoms with Crippen molar-refractivity contribution in [3.8, 4) is 11.5 Å². The number of rotatable bonds is 7. The fraction of sp³-hybridized carbons (Fsp3) is 0.278. The Morgan fingerprint density at radius 1 is 1.09 bits per heavy atom. The summed E-state index contributed by atoms with van der Waals surface area (Å²) in [6.45, 7) is 2.85. The molecule has 0 aliphatic heterocycles. The highest BCUT2D eigenvalue weighted by Crippen LogP contribution is 2.25. The Labute approximate surface area is 136 Å². The molecule has 0 bridgehead atoms. The lowest BCUT2D eigenvalue weighted by molar-refractivity contribution is 0.102. The summed E-state index contributed by atoms with van der Waals surface area (Å²) in [5, 5.41) is 2.85. The molecule has 1 amide bonds. The van der Waals surface area contributed by atoms with E-state index in [1.54, 1.807) is 44.6 Å². The summed E-state index contributed by atoms with van der Waals surface area (Å²) in [7, 11) is 3.18. The van der Waals surface area contributed by atoms with Gasteiger partial charge < -0.3 is 19.5 Å². The van der Waals surface area contributed by atoms with Crippen LogP contribution in [0.25, 0.3) is 0 Å². The van der Waals surface area contributed by atoms with Crippen LogP contribution >= 0.6 is 0 Å². The van der Waals surface area contributed by atoms with Crippen molar-refractivity contribution in [2.45, 2.75) is 13.5 Å². The molecule has 1 N–H and O–H groups in total. The molecule has 0 fully saturated rings. The van der Waals surface area contributed by atoms with Gasteiger partial charge in [0.1, 0.15) is 11.5 Å². The Balaban J connectivity index is 2.23.